The zero-order valence-electron chi connectivity index (χ0n) is 12.0. The summed E-state index contributed by atoms with van der Waals surface area (Å²) in [4.78, 5) is 0. The quantitative estimate of drug-likeness (QED) is 0.662. The lowest BCUT2D eigenvalue weighted by Gasteiger charge is -2.09. The van der Waals surface area contributed by atoms with Crippen molar-refractivity contribution in [3.8, 4) is 17.6 Å². The molecule has 0 aliphatic heterocycles. The summed E-state index contributed by atoms with van der Waals surface area (Å²) in [5.41, 5.74) is 0.591. The Bertz CT molecular complexity index is 821. The van der Waals surface area contributed by atoms with Crippen LogP contribution in [0.25, 0.3) is 10.8 Å². The van der Waals surface area contributed by atoms with Gasteiger partial charge >= 0.3 is 0 Å². The highest BCUT2D eigenvalue weighted by Crippen LogP contribution is 2.20. The summed E-state index contributed by atoms with van der Waals surface area (Å²) in [6.45, 7) is 0.886. The van der Waals surface area contributed by atoms with Crippen molar-refractivity contribution >= 4 is 10.8 Å². The summed E-state index contributed by atoms with van der Waals surface area (Å²) < 4.78 is 11.3. The lowest BCUT2D eigenvalue weighted by Crippen LogP contribution is -2.09. The largest absolute Gasteiger partial charge is 0.490 e. The third-order valence-electron chi connectivity index (χ3n) is 3.30. The van der Waals surface area contributed by atoms with Crippen LogP contribution in [0.2, 0.25) is 0 Å². The molecular formula is C19H15NO2. The molecule has 3 rings (SSSR count). The summed E-state index contributed by atoms with van der Waals surface area (Å²) in [6, 6.07) is 23.4. The van der Waals surface area contributed by atoms with Crippen LogP contribution >= 0.6 is 0 Å². The molecular weight excluding hydrogens is 274 g/mol. The molecule has 108 valence electrons. The van der Waals surface area contributed by atoms with E-state index in [0.29, 0.717) is 24.5 Å². The van der Waals surface area contributed by atoms with E-state index in [0.717, 1.165) is 11.1 Å². The van der Waals surface area contributed by atoms with E-state index in [1.165, 1.54) is 5.39 Å². The first-order chi connectivity index (χ1) is 10.8. The normalized spacial score (nSPS) is 10.1. The van der Waals surface area contributed by atoms with E-state index < -0.39 is 0 Å². The van der Waals surface area contributed by atoms with Crippen LogP contribution in [0, 0.1) is 11.3 Å². The second kappa shape index (κ2) is 6.64. The summed E-state index contributed by atoms with van der Waals surface area (Å²) in [5.74, 6) is 1.51. The number of hydrogen-bond acceptors (Lipinski definition) is 3. The maximum atomic E-state index is 8.84. The predicted molar refractivity (Wildman–Crippen MR) is 86.1 cm³/mol. The Labute approximate surface area is 129 Å². The first-order valence-electron chi connectivity index (χ1n) is 7.10. The Kier molecular flexibility index (Phi) is 4.22. The molecule has 0 spiro atoms. The van der Waals surface area contributed by atoms with Gasteiger partial charge < -0.3 is 9.47 Å². The maximum absolute atomic E-state index is 8.84. The van der Waals surface area contributed by atoms with Crippen LogP contribution in [-0.2, 0) is 0 Å². The van der Waals surface area contributed by atoms with Gasteiger partial charge in [-0.2, -0.15) is 5.26 Å². The van der Waals surface area contributed by atoms with Crippen molar-refractivity contribution < 1.29 is 9.47 Å². The second-order valence-electron chi connectivity index (χ2n) is 4.85. The van der Waals surface area contributed by atoms with Gasteiger partial charge in [0, 0.05) is 0 Å². The van der Waals surface area contributed by atoms with Gasteiger partial charge in [0.2, 0.25) is 0 Å². The molecule has 0 aliphatic rings. The summed E-state index contributed by atoms with van der Waals surface area (Å²) in [5, 5.41) is 11.2. The fourth-order valence-electron chi connectivity index (χ4n) is 2.23. The number of nitriles is 1. The van der Waals surface area contributed by atoms with E-state index in [9.17, 15) is 0 Å². The Hall–Kier alpha value is -2.99. The van der Waals surface area contributed by atoms with Crippen molar-refractivity contribution in [3.63, 3.8) is 0 Å². The Morgan fingerprint density at radius 1 is 0.727 bits per heavy atom. The summed E-state index contributed by atoms with van der Waals surface area (Å²) in [7, 11) is 0. The average molecular weight is 289 g/mol. The fourth-order valence-corrected chi connectivity index (χ4v) is 2.23. The first-order valence-corrected chi connectivity index (χ1v) is 7.10. The van der Waals surface area contributed by atoms with Crippen molar-refractivity contribution in [1.82, 2.24) is 0 Å². The van der Waals surface area contributed by atoms with Crippen molar-refractivity contribution in [2.24, 2.45) is 0 Å². The van der Waals surface area contributed by atoms with Gasteiger partial charge in [0.15, 0.2) is 0 Å². The molecule has 3 aromatic rings. The van der Waals surface area contributed by atoms with Crippen LogP contribution in [0.1, 0.15) is 5.56 Å². The third kappa shape index (κ3) is 3.36. The Morgan fingerprint density at radius 2 is 1.45 bits per heavy atom. The molecule has 0 radical (unpaired) electrons. The number of rotatable bonds is 5. The molecule has 0 amide bonds. The molecule has 0 unspecified atom stereocenters. The standard InChI is InChI=1S/C19H15NO2/c20-14-15-4-3-7-18(12-15)21-10-11-22-19-9-8-16-5-1-2-6-17(16)13-19/h1-9,12-13H,10-11H2. The van der Waals surface area contributed by atoms with Crippen molar-refractivity contribution in [3.05, 3.63) is 72.3 Å². The SMILES string of the molecule is N#Cc1cccc(OCCOc2ccc3ccccc3c2)c1. The van der Waals surface area contributed by atoms with Crippen molar-refractivity contribution in [2.45, 2.75) is 0 Å². The number of fused-ring (bicyclic) bond motifs is 1. The monoisotopic (exact) mass is 289 g/mol. The molecule has 0 N–H and O–H groups in total. The molecule has 0 aliphatic carbocycles. The van der Waals surface area contributed by atoms with E-state index >= 15 is 0 Å². The highest BCUT2D eigenvalue weighted by Gasteiger charge is 1.99. The second-order valence-corrected chi connectivity index (χ2v) is 4.85. The highest BCUT2D eigenvalue weighted by atomic mass is 16.5. The van der Waals surface area contributed by atoms with E-state index in [2.05, 4.69) is 18.2 Å². The Morgan fingerprint density at radius 3 is 2.23 bits per heavy atom. The molecule has 0 fully saturated rings. The van der Waals surface area contributed by atoms with Gasteiger partial charge in [0.1, 0.15) is 24.7 Å². The lowest BCUT2D eigenvalue weighted by molar-refractivity contribution is 0.217. The number of hydrogen-bond donors (Lipinski definition) is 0. The average Bonchev–Trinajstić information content (AvgIpc) is 2.59. The number of ether oxygens (including phenoxy) is 2. The fraction of sp³-hybridized carbons (Fsp3) is 0.105. The van der Waals surface area contributed by atoms with E-state index in [-0.39, 0.29) is 0 Å². The molecule has 0 atom stereocenters. The van der Waals surface area contributed by atoms with Gasteiger partial charge in [-0.05, 0) is 41.1 Å². The molecule has 22 heavy (non-hydrogen) atoms. The van der Waals surface area contributed by atoms with Crippen LogP contribution in [0.4, 0.5) is 0 Å². The molecule has 0 heterocycles. The van der Waals surface area contributed by atoms with Gasteiger partial charge in [0.05, 0.1) is 11.6 Å². The number of benzene rings is 3. The molecule has 3 aromatic carbocycles. The van der Waals surface area contributed by atoms with Crippen LogP contribution in [0.3, 0.4) is 0 Å². The zero-order valence-corrected chi connectivity index (χ0v) is 12.0. The molecule has 0 saturated heterocycles. The van der Waals surface area contributed by atoms with Gasteiger partial charge in [-0.3, -0.25) is 0 Å². The van der Waals surface area contributed by atoms with Crippen LogP contribution in [0.5, 0.6) is 11.5 Å². The zero-order chi connectivity index (χ0) is 15.2. The van der Waals surface area contributed by atoms with E-state index in [1.807, 2.05) is 36.4 Å². The van der Waals surface area contributed by atoms with Gasteiger partial charge in [-0.15, -0.1) is 0 Å². The highest BCUT2D eigenvalue weighted by molar-refractivity contribution is 5.83. The van der Waals surface area contributed by atoms with E-state index in [1.54, 1.807) is 18.2 Å². The minimum absolute atomic E-state index is 0.432. The molecule has 3 heteroatoms. The van der Waals surface area contributed by atoms with Crippen LogP contribution in [-0.4, -0.2) is 13.2 Å². The van der Waals surface area contributed by atoms with Crippen molar-refractivity contribution in [2.75, 3.05) is 13.2 Å². The third-order valence-corrected chi connectivity index (χ3v) is 3.30. The molecule has 0 aromatic heterocycles. The lowest BCUT2D eigenvalue weighted by atomic mass is 10.1. The topological polar surface area (TPSA) is 42.2 Å². The first kappa shape index (κ1) is 14.0. The minimum Gasteiger partial charge on any atom is -0.490 e. The van der Waals surface area contributed by atoms with Crippen molar-refractivity contribution in [1.29, 1.82) is 5.26 Å². The van der Waals surface area contributed by atoms with Gasteiger partial charge in [-0.25, -0.2) is 0 Å². The minimum atomic E-state index is 0.432. The van der Waals surface area contributed by atoms with Crippen LogP contribution < -0.4 is 9.47 Å². The molecule has 0 saturated carbocycles. The Balaban J connectivity index is 1.54. The van der Waals surface area contributed by atoms with Gasteiger partial charge in [-0.1, -0.05) is 36.4 Å². The molecule has 0 bridgehead atoms. The number of nitrogens with zero attached hydrogens (tertiary/aromatic N) is 1. The summed E-state index contributed by atoms with van der Waals surface area (Å²) in [6.07, 6.45) is 0. The maximum Gasteiger partial charge on any atom is 0.122 e. The smallest absolute Gasteiger partial charge is 0.122 e. The molecule has 3 nitrogen and oxygen atoms in total. The van der Waals surface area contributed by atoms with Crippen LogP contribution in [0.15, 0.2) is 66.7 Å². The van der Waals surface area contributed by atoms with Gasteiger partial charge in [0.25, 0.3) is 0 Å². The predicted octanol–water partition coefficient (Wildman–Crippen LogP) is 4.17. The summed E-state index contributed by atoms with van der Waals surface area (Å²) >= 11 is 0. The van der Waals surface area contributed by atoms with E-state index in [4.69, 9.17) is 14.7 Å².